The van der Waals surface area contributed by atoms with Crippen molar-refractivity contribution in [3.05, 3.63) is 0 Å². The van der Waals surface area contributed by atoms with Crippen LogP contribution in [0.3, 0.4) is 0 Å². The van der Waals surface area contributed by atoms with Crippen molar-refractivity contribution in [3.8, 4) is 0 Å². The van der Waals surface area contributed by atoms with Crippen LogP contribution in [-0.4, -0.2) is 31.5 Å². The fourth-order valence-electron chi connectivity index (χ4n) is 1.88. The number of ether oxygens (including phenoxy) is 2. The molecule has 0 bridgehead atoms. The van der Waals surface area contributed by atoms with Gasteiger partial charge in [0, 0.05) is 12.6 Å². The third-order valence-corrected chi connectivity index (χ3v) is 3.37. The Kier molecular flexibility index (Phi) is 5.03. The largest absolute Gasteiger partial charge is 0.381 e. The number of hydrogen-bond donors (Lipinski definition) is 1. The molecule has 0 aromatic carbocycles. The summed E-state index contributed by atoms with van der Waals surface area (Å²) in [6.07, 6.45) is 6.23. The third kappa shape index (κ3) is 4.49. The zero-order valence-corrected chi connectivity index (χ0v) is 10.3. The molecular weight excluding hydrogens is 190 g/mol. The average molecular weight is 215 g/mol. The molecule has 15 heavy (non-hydrogen) atoms. The highest BCUT2D eigenvalue weighted by Gasteiger charge is 2.24. The summed E-state index contributed by atoms with van der Waals surface area (Å²) in [4.78, 5) is 0. The molecule has 1 saturated carbocycles. The summed E-state index contributed by atoms with van der Waals surface area (Å²) in [5.74, 6) is 0. The predicted molar refractivity (Wildman–Crippen MR) is 61.9 cm³/mol. The SMILES string of the molecule is CCC(C)(N)COC1CCCC(OC)C1. The fraction of sp³-hybridized carbons (Fsp3) is 1.00. The standard InChI is InChI=1S/C12H25NO2/c1-4-12(2,13)9-15-11-7-5-6-10(8-11)14-3/h10-11H,4-9,13H2,1-3H3. The molecule has 3 heteroatoms. The molecule has 1 rings (SSSR count). The lowest BCUT2D eigenvalue weighted by atomic mass is 9.94. The molecule has 3 nitrogen and oxygen atoms in total. The molecule has 0 spiro atoms. The zero-order valence-electron chi connectivity index (χ0n) is 10.3. The van der Waals surface area contributed by atoms with Crippen molar-refractivity contribution in [2.24, 2.45) is 5.73 Å². The van der Waals surface area contributed by atoms with Gasteiger partial charge in [0.05, 0.1) is 18.8 Å². The highest BCUT2D eigenvalue weighted by atomic mass is 16.5. The van der Waals surface area contributed by atoms with Crippen molar-refractivity contribution >= 4 is 0 Å². The summed E-state index contributed by atoms with van der Waals surface area (Å²) in [6, 6.07) is 0. The third-order valence-electron chi connectivity index (χ3n) is 3.37. The molecular formula is C12H25NO2. The number of nitrogens with two attached hydrogens (primary N) is 1. The molecule has 1 fully saturated rings. The van der Waals surface area contributed by atoms with Crippen molar-refractivity contribution in [3.63, 3.8) is 0 Å². The predicted octanol–water partition coefficient (Wildman–Crippen LogP) is 2.09. The topological polar surface area (TPSA) is 44.5 Å². The summed E-state index contributed by atoms with van der Waals surface area (Å²) in [5.41, 5.74) is 5.86. The number of methoxy groups -OCH3 is 1. The highest BCUT2D eigenvalue weighted by Crippen LogP contribution is 2.23. The van der Waals surface area contributed by atoms with Crippen LogP contribution >= 0.6 is 0 Å². The van der Waals surface area contributed by atoms with Crippen LogP contribution < -0.4 is 5.73 Å². The molecule has 0 aromatic rings. The van der Waals surface area contributed by atoms with Crippen LogP contribution in [0.1, 0.15) is 46.0 Å². The van der Waals surface area contributed by atoms with Gasteiger partial charge in [-0.1, -0.05) is 6.92 Å². The summed E-state index contributed by atoms with van der Waals surface area (Å²) >= 11 is 0. The lowest BCUT2D eigenvalue weighted by Gasteiger charge is -2.31. The quantitative estimate of drug-likeness (QED) is 0.763. The maximum Gasteiger partial charge on any atom is 0.0647 e. The Morgan fingerprint density at radius 3 is 2.60 bits per heavy atom. The highest BCUT2D eigenvalue weighted by molar-refractivity contribution is 4.79. The Hall–Kier alpha value is -0.120. The Morgan fingerprint density at radius 2 is 2.00 bits per heavy atom. The molecule has 90 valence electrons. The van der Waals surface area contributed by atoms with E-state index in [2.05, 4.69) is 6.92 Å². The summed E-state index contributed by atoms with van der Waals surface area (Å²) in [5, 5.41) is 0. The number of rotatable bonds is 5. The lowest BCUT2D eigenvalue weighted by Crippen LogP contribution is -2.42. The van der Waals surface area contributed by atoms with Crippen LogP contribution in [0.15, 0.2) is 0 Å². The Bertz CT molecular complexity index is 182. The monoisotopic (exact) mass is 215 g/mol. The van der Waals surface area contributed by atoms with E-state index < -0.39 is 0 Å². The van der Waals surface area contributed by atoms with Gasteiger partial charge >= 0.3 is 0 Å². The zero-order chi connectivity index (χ0) is 11.3. The minimum absolute atomic E-state index is 0.181. The second-order valence-corrected chi connectivity index (χ2v) is 4.96. The van der Waals surface area contributed by atoms with Gasteiger partial charge in [0.2, 0.25) is 0 Å². The Morgan fingerprint density at radius 1 is 1.33 bits per heavy atom. The van der Waals surface area contributed by atoms with E-state index in [9.17, 15) is 0 Å². The molecule has 0 radical (unpaired) electrons. The van der Waals surface area contributed by atoms with Crippen molar-refractivity contribution in [2.75, 3.05) is 13.7 Å². The summed E-state index contributed by atoms with van der Waals surface area (Å²) in [7, 11) is 1.78. The first kappa shape index (κ1) is 12.9. The first-order chi connectivity index (χ1) is 7.07. The first-order valence-corrected chi connectivity index (χ1v) is 6.00. The average Bonchev–Trinajstić information content (AvgIpc) is 2.27. The van der Waals surface area contributed by atoms with E-state index in [1.807, 2.05) is 6.92 Å². The Labute approximate surface area is 93.3 Å². The van der Waals surface area contributed by atoms with E-state index in [1.54, 1.807) is 7.11 Å². The van der Waals surface area contributed by atoms with Crippen LogP contribution in [0.25, 0.3) is 0 Å². The van der Waals surface area contributed by atoms with Crippen LogP contribution in [0, 0.1) is 0 Å². The maximum absolute atomic E-state index is 6.04. The molecule has 0 aromatic heterocycles. The fourth-order valence-corrected chi connectivity index (χ4v) is 1.88. The second kappa shape index (κ2) is 5.83. The molecule has 0 saturated heterocycles. The van der Waals surface area contributed by atoms with Gasteiger partial charge in [0.15, 0.2) is 0 Å². The van der Waals surface area contributed by atoms with E-state index in [0.29, 0.717) is 18.8 Å². The van der Waals surface area contributed by atoms with Crippen molar-refractivity contribution in [1.82, 2.24) is 0 Å². The van der Waals surface area contributed by atoms with Crippen LogP contribution in [0.2, 0.25) is 0 Å². The molecule has 0 aliphatic heterocycles. The normalized spacial score (nSPS) is 31.2. The van der Waals surface area contributed by atoms with Crippen molar-refractivity contribution < 1.29 is 9.47 Å². The minimum atomic E-state index is -0.181. The smallest absolute Gasteiger partial charge is 0.0647 e. The van der Waals surface area contributed by atoms with E-state index in [1.165, 1.54) is 12.8 Å². The summed E-state index contributed by atoms with van der Waals surface area (Å²) < 4.78 is 11.2. The van der Waals surface area contributed by atoms with Gasteiger partial charge in [0.25, 0.3) is 0 Å². The molecule has 0 heterocycles. The van der Waals surface area contributed by atoms with Gasteiger partial charge < -0.3 is 15.2 Å². The number of hydrogen-bond acceptors (Lipinski definition) is 3. The minimum Gasteiger partial charge on any atom is -0.381 e. The van der Waals surface area contributed by atoms with E-state index in [4.69, 9.17) is 15.2 Å². The van der Waals surface area contributed by atoms with Crippen LogP contribution in [-0.2, 0) is 9.47 Å². The van der Waals surface area contributed by atoms with Gasteiger partial charge in [-0.05, 0) is 39.0 Å². The molecule has 1 aliphatic carbocycles. The van der Waals surface area contributed by atoms with Gasteiger partial charge in [-0.15, -0.1) is 0 Å². The van der Waals surface area contributed by atoms with Gasteiger partial charge in [-0.25, -0.2) is 0 Å². The Balaban J connectivity index is 2.26. The van der Waals surface area contributed by atoms with Crippen molar-refractivity contribution in [2.45, 2.75) is 63.7 Å². The molecule has 0 amide bonds. The first-order valence-electron chi connectivity index (χ1n) is 6.00. The van der Waals surface area contributed by atoms with Gasteiger partial charge in [-0.3, -0.25) is 0 Å². The maximum atomic E-state index is 6.04. The van der Waals surface area contributed by atoms with Gasteiger partial charge in [-0.2, -0.15) is 0 Å². The second-order valence-electron chi connectivity index (χ2n) is 4.96. The lowest BCUT2D eigenvalue weighted by molar-refractivity contribution is -0.0426. The van der Waals surface area contributed by atoms with Crippen molar-refractivity contribution in [1.29, 1.82) is 0 Å². The van der Waals surface area contributed by atoms with Crippen LogP contribution in [0.4, 0.5) is 0 Å². The summed E-state index contributed by atoms with van der Waals surface area (Å²) in [6.45, 7) is 4.80. The molecule has 3 atom stereocenters. The van der Waals surface area contributed by atoms with E-state index >= 15 is 0 Å². The van der Waals surface area contributed by atoms with E-state index in [-0.39, 0.29) is 5.54 Å². The molecule has 1 aliphatic rings. The van der Waals surface area contributed by atoms with Crippen LogP contribution in [0.5, 0.6) is 0 Å². The van der Waals surface area contributed by atoms with E-state index in [0.717, 1.165) is 19.3 Å². The van der Waals surface area contributed by atoms with Gasteiger partial charge in [0.1, 0.15) is 0 Å². The molecule has 3 unspecified atom stereocenters. The molecule has 2 N–H and O–H groups in total.